The lowest BCUT2D eigenvalue weighted by Gasteiger charge is -2.16. The number of hydrogen-bond donors (Lipinski definition) is 1. The molecule has 4 nitrogen and oxygen atoms in total. The van der Waals surface area contributed by atoms with Crippen LogP contribution in [0.4, 0.5) is 0 Å². The summed E-state index contributed by atoms with van der Waals surface area (Å²) in [6.07, 6.45) is 5.14. The minimum absolute atomic E-state index is 0.145. The van der Waals surface area contributed by atoms with Crippen molar-refractivity contribution < 1.29 is 9.59 Å². The van der Waals surface area contributed by atoms with Crippen molar-refractivity contribution in [3.8, 4) is 0 Å². The fourth-order valence-corrected chi connectivity index (χ4v) is 2.70. The zero-order chi connectivity index (χ0) is 17.5. The largest absolute Gasteiger partial charge is 0.341 e. The number of rotatable bonds is 6. The van der Waals surface area contributed by atoms with Crippen LogP contribution in [0.25, 0.3) is 0 Å². The maximum atomic E-state index is 12.2. The molecule has 1 heterocycles. The Morgan fingerprint density at radius 3 is 2.24 bits per heavy atom. The van der Waals surface area contributed by atoms with Gasteiger partial charge in [0.05, 0.1) is 0 Å². The van der Waals surface area contributed by atoms with Crippen LogP contribution < -0.4 is 5.32 Å². The number of allylic oxidation sites excluding steroid dienone is 1. The van der Waals surface area contributed by atoms with Gasteiger partial charge in [0.25, 0.3) is 5.91 Å². The highest BCUT2D eigenvalue weighted by Crippen LogP contribution is 2.08. The molecule has 25 heavy (non-hydrogen) atoms. The van der Waals surface area contributed by atoms with Crippen LogP contribution in [0.15, 0.2) is 77.8 Å². The van der Waals surface area contributed by atoms with Crippen LogP contribution >= 0.6 is 0 Å². The number of carbonyl (C=O) groups is 2. The van der Waals surface area contributed by atoms with Crippen LogP contribution in [-0.4, -0.2) is 23.6 Å². The molecule has 0 saturated heterocycles. The van der Waals surface area contributed by atoms with Gasteiger partial charge < -0.3 is 5.32 Å². The van der Waals surface area contributed by atoms with Gasteiger partial charge in [0.15, 0.2) is 0 Å². The van der Waals surface area contributed by atoms with Gasteiger partial charge in [-0.2, -0.15) is 0 Å². The minimum Gasteiger partial charge on any atom is -0.341 e. The quantitative estimate of drug-likeness (QED) is 0.884. The summed E-state index contributed by atoms with van der Waals surface area (Å²) >= 11 is 0. The predicted molar refractivity (Wildman–Crippen MR) is 98.4 cm³/mol. The van der Waals surface area contributed by atoms with Crippen LogP contribution in [0.2, 0.25) is 0 Å². The maximum Gasteiger partial charge on any atom is 0.272 e. The number of aryl methyl sites for hydroxylation is 1. The Labute approximate surface area is 147 Å². The van der Waals surface area contributed by atoms with E-state index in [4.69, 9.17) is 0 Å². The lowest BCUT2D eigenvalue weighted by molar-refractivity contribution is -0.126. The average Bonchev–Trinajstić information content (AvgIpc) is 2.64. The van der Waals surface area contributed by atoms with Crippen molar-refractivity contribution in [3.63, 3.8) is 0 Å². The summed E-state index contributed by atoms with van der Waals surface area (Å²) in [6.45, 7) is 0. The van der Waals surface area contributed by atoms with Crippen molar-refractivity contribution in [1.82, 2.24) is 5.32 Å². The highest BCUT2D eigenvalue weighted by Gasteiger charge is 2.21. The van der Waals surface area contributed by atoms with E-state index in [0.717, 1.165) is 11.1 Å². The van der Waals surface area contributed by atoms with E-state index in [0.29, 0.717) is 25.0 Å². The zero-order valence-corrected chi connectivity index (χ0v) is 13.9. The van der Waals surface area contributed by atoms with Crippen molar-refractivity contribution in [2.45, 2.75) is 25.3 Å². The topological polar surface area (TPSA) is 58.5 Å². The molecule has 1 atom stereocenters. The second-order valence-electron chi connectivity index (χ2n) is 5.99. The molecule has 1 aliphatic heterocycles. The van der Waals surface area contributed by atoms with Gasteiger partial charge in [0, 0.05) is 18.6 Å². The second-order valence-corrected chi connectivity index (χ2v) is 5.99. The summed E-state index contributed by atoms with van der Waals surface area (Å²) in [6, 6.07) is 19.0. The Balaban J connectivity index is 1.50. The average molecular weight is 332 g/mol. The van der Waals surface area contributed by atoms with Crippen molar-refractivity contribution in [3.05, 3.63) is 83.9 Å². The molecule has 3 rings (SSSR count). The maximum absolute atomic E-state index is 12.2. The molecule has 0 bridgehead atoms. The van der Waals surface area contributed by atoms with E-state index >= 15 is 0 Å². The Kier molecular flexibility index (Phi) is 5.52. The Hall–Kier alpha value is -3.01. The number of carbonyl (C=O) groups excluding carboxylic acids is 2. The van der Waals surface area contributed by atoms with Gasteiger partial charge in [-0.1, -0.05) is 66.7 Å². The molecular weight excluding hydrogens is 312 g/mol. The van der Waals surface area contributed by atoms with Gasteiger partial charge >= 0.3 is 0 Å². The number of nitrogens with one attached hydrogen (secondary N) is 1. The number of dihydropyridines is 1. The molecule has 1 aliphatic rings. The predicted octanol–water partition coefficient (Wildman–Crippen LogP) is 2.88. The minimum atomic E-state index is -0.664. The molecule has 0 radical (unpaired) electrons. The van der Waals surface area contributed by atoms with E-state index < -0.39 is 6.04 Å². The van der Waals surface area contributed by atoms with Crippen LogP contribution in [-0.2, 0) is 22.4 Å². The molecule has 0 fully saturated rings. The SMILES string of the molecule is O=C(CCc1ccccc1)NC1C=CC(Cc2ccccc2)=NC1=O. The van der Waals surface area contributed by atoms with Crippen LogP contribution in [0.1, 0.15) is 17.5 Å². The molecule has 0 saturated carbocycles. The third-order valence-electron chi connectivity index (χ3n) is 4.03. The molecule has 4 heteroatoms. The fourth-order valence-electron chi connectivity index (χ4n) is 2.70. The molecule has 1 unspecified atom stereocenters. The smallest absolute Gasteiger partial charge is 0.272 e. The number of nitrogens with zero attached hydrogens (tertiary/aromatic N) is 1. The highest BCUT2D eigenvalue weighted by molar-refractivity contribution is 6.08. The van der Waals surface area contributed by atoms with E-state index in [9.17, 15) is 9.59 Å². The first-order chi connectivity index (χ1) is 12.2. The number of hydrogen-bond acceptors (Lipinski definition) is 2. The molecule has 0 aromatic heterocycles. The van der Waals surface area contributed by atoms with Crippen molar-refractivity contribution in [2.24, 2.45) is 4.99 Å². The summed E-state index contributed by atoms with van der Waals surface area (Å²) in [4.78, 5) is 28.3. The lowest BCUT2D eigenvalue weighted by Crippen LogP contribution is -2.40. The summed E-state index contributed by atoms with van der Waals surface area (Å²) in [5, 5.41) is 2.74. The second kappa shape index (κ2) is 8.20. The highest BCUT2D eigenvalue weighted by atomic mass is 16.2. The zero-order valence-electron chi connectivity index (χ0n) is 13.9. The monoisotopic (exact) mass is 332 g/mol. The molecule has 0 spiro atoms. The summed E-state index contributed by atoms with van der Waals surface area (Å²) in [7, 11) is 0. The third kappa shape index (κ3) is 4.98. The van der Waals surface area contributed by atoms with Crippen LogP contribution in [0.3, 0.4) is 0 Å². The molecule has 0 aliphatic carbocycles. The van der Waals surface area contributed by atoms with E-state index in [-0.39, 0.29) is 11.8 Å². The van der Waals surface area contributed by atoms with Crippen molar-refractivity contribution in [1.29, 1.82) is 0 Å². The number of benzene rings is 2. The first kappa shape index (κ1) is 16.8. The first-order valence-corrected chi connectivity index (χ1v) is 8.37. The molecule has 126 valence electrons. The van der Waals surface area contributed by atoms with E-state index in [1.807, 2.05) is 66.7 Å². The number of amides is 2. The van der Waals surface area contributed by atoms with Crippen molar-refractivity contribution in [2.75, 3.05) is 0 Å². The molecule has 2 aromatic rings. The van der Waals surface area contributed by atoms with Gasteiger partial charge in [-0.3, -0.25) is 9.59 Å². The molecule has 1 N–H and O–H groups in total. The first-order valence-electron chi connectivity index (χ1n) is 8.37. The Morgan fingerprint density at radius 1 is 0.960 bits per heavy atom. The van der Waals surface area contributed by atoms with Gasteiger partial charge in [-0.05, 0) is 23.6 Å². The van der Waals surface area contributed by atoms with E-state index in [1.165, 1.54) is 0 Å². The van der Waals surface area contributed by atoms with Crippen molar-refractivity contribution >= 4 is 17.5 Å². The summed E-state index contributed by atoms with van der Waals surface area (Å²) in [5.74, 6) is -0.463. The normalized spacial score (nSPS) is 16.4. The fraction of sp³-hybridized carbons (Fsp3) is 0.190. The molecular formula is C21H20N2O2. The van der Waals surface area contributed by atoms with Crippen LogP contribution in [0.5, 0.6) is 0 Å². The van der Waals surface area contributed by atoms with Gasteiger partial charge in [-0.15, -0.1) is 0 Å². The lowest BCUT2D eigenvalue weighted by atomic mass is 10.0. The van der Waals surface area contributed by atoms with Crippen LogP contribution in [0, 0.1) is 0 Å². The molecule has 2 aromatic carbocycles. The number of aliphatic imine (C=N–C) groups is 1. The summed E-state index contributed by atoms with van der Waals surface area (Å²) < 4.78 is 0. The van der Waals surface area contributed by atoms with E-state index in [2.05, 4.69) is 10.3 Å². The Bertz CT molecular complexity index is 795. The third-order valence-corrected chi connectivity index (χ3v) is 4.03. The van der Waals surface area contributed by atoms with Gasteiger partial charge in [0.1, 0.15) is 6.04 Å². The standard InChI is InChI=1S/C21H20N2O2/c24-20(14-11-16-7-3-1-4-8-16)23-19-13-12-18(22-21(19)25)15-17-9-5-2-6-10-17/h1-10,12-13,19H,11,14-15H2,(H,23,24). The summed E-state index contributed by atoms with van der Waals surface area (Å²) in [5.41, 5.74) is 2.92. The van der Waals surface area contributed by atoms with Gasteiger partial charge in [0.2, 0.25) is 5.91 Å². The van der Waals surface area contributed by atoms with E-state index in [1.54, 1.807) is 6.08 Å². The Morgan fingerprint density at radius 2 is 1.60 bits per heavy atom. The van der Waals surface area contributed by atoms with Gasteiger partial charge in [-0.25, -0.2) is 4.99 Å². The molecule has 2 amide bonds.